The molecule has 0 bridgehead atoms. The molecule has 0 radical (unpaired) electrons. The van der Waals surface area contributed by atoms with E-state index in [9.17, 15) is 4.79 Å². The topological polar surface area (TPSA) is 79.8 Å². The van der Waals surface area contributed by atoms with Crippen molar-refractivity contribution in [3.63, 3.8) is 0 Å². The van der Waals surface area contributed by atoms with Crippen LogP contribution in [0.4, 0.5) is 11.5 Å². The molecule has 5 rings (SSSR count). The lowest BCUT2D eigenvalue weighted by Gasteiger charge is -2.32. The summed E-state index contributed by atoms with van der Waals surface area (Å²) < 4.78 is 10.8. The summed E-state index contributed by atoms with van der Waals surface area (Å²) in [5.74, 6) is 1.47. The van der Waals surface area contributed by atoms with Gasteiger partial charge in [0.1, 0.15) is 17.3 Å². The van der Waals surface area contributed by atoms with Gasteiger partial charge in [0, 0.05) is 79.6 Å². The highest BCUT2D eigenvalue weighted by atomic mass is 35.5. The molecular formula is C32H33Cl2N5O3. The molecule has 10 heteroatoms. The monoisotopic (exact) mass is 605 g/mol. The van der Waals surface area contributed by atoms with Gasteiger partial charge in [-0.25, -0.2) is 4.98 Å². The van der Waals surface area contributed by atoms with Crippen LogP contribution in [0.3, 0.4) is 0 Å². The molecule has 0 spiro atoms. The minimum absolute atomic E-state index is 0.0375. The van der Waals surface area contributed by atoms with Crippen LogP contribution in [0.2, 0.25) is 10.0 Å². The molecular weight excluding hydrogens is 573 g/mol. The number of anilines is 2. The first-order chi connectivity index (χ1) is 20.3. The van der Waals surface area contributed by atoms with Crippen molar-refractivity contribution in [3.8, 4) is 22.8 Å². The molecule has 0 unspecified atom stereocenters. The largest absolute Gasteiger partial charge is 0.495 e. The van der Waals surface area contributed by atoms with Gasteiger partial charge in [-0.1, -0.05) is 41.9 Å². The zero-order valence-electron chi connectivity index (χ0n) is 23.9. The number of pyridine rings is 2. The molecule has 1 aliphatic rings. The Hall–Kier alpha value is -3.69. The predicted molar refractivity (Wildman–Crippen MR) is 170 cm³/mol. The molecule has 42 heavy (non-hydrogen) atoms. The Labute approximate surface area is 255 Å². The van der Waals surface area contributed by atoms with Crippen LogP contribution < -0.4 is 14.8 Å². The number of fused-ring (bicyclic) bond motifs is 1. The number of piperazine rings is 1. The van der Waals surface area contributed by atoms with E-state index in [2.05, 4.69) is 50.8 Å². The molecule has 2 aromatic heterocycles. The van der Waals surface area contributed by atoms with Crippen LogP contribution >= 0.6 is 23.2 Å². The van der Waals surface area contributed by atoms with Crippen molar-refractivity contribution in [2.75, 3.05) is 52.8 Å². The van der Waals surface area contributed by atoms with E-state index in [1.807, 2.05) is 18.2 Å². The number of carbonyl (C=O) groups is 1. The number of benzene rings is 2. The van der Waals surface area contributed by atoms with E-state index in [1.54, 1.807) is 18.5 Å². The molecule has 0 saturated carbocycles. The summed E-state index contributed by atoms with van der Waals surface area (Å²) in [6.45, 7) is 8.66. The SMILES string of the molecule is C=CC(=O)Cc1cc(CN2CCN(C)CC2)ccc1Nc1cc2cnc(-c3c(Cl)c(OC)cc(OC)c3Cl)cc2cn1. The van der Waals surface area contributed by atoms with Gasteiger partial charge in [0.2, 0.25) is 0 Å². The highest BCUT2D eigenvalue weighted by molar-refractivity contribution is 6.41. The Bertz CT molecular complexity index is 1610. The lowest BCUT2D eigenvalue weighted by molar-refractivity contribution is -0.114. The fourth-order valence-corrected chi connectivity index (χ4v) is 5.72. The standard InChI is InChI=1S/C32H33Cl2N5O3/c1-5-24(40)13-21-12-20(19-39-10-8-38(2)9-11-39)6-7-25(21)37-29-15-23-17-35-26(14-22(23)18-36-29)30-31(33)27(41-3)16-28(42-4)32(30)34/h5-7,12,14-18H,1,8-11,13,19H2,2-4H3,(H,36,37). The summed E-state index contributed by atoms with van der Waals surface area (Å²) in [5.41, 5.74) is 3.99. The molecule has 218 valence electrons. The second-order valence-corrected chi connectivity index (χ2v) is 11.1. The van der Waals surface area contributed by atoms with E-state index in [-0.39, 0.29) is 12.2 Å². The van der Waals surface area contributed by atoms with Gasteiger partial charge in [0.15, 0.2) is 5.78 Å². The molecule has 0 atom stereocenters. The van der Waals surface area contributed by atoms with Gasteiger partial charge < -0.3 is 19.7 Å². The Morgan fingerprint density at radius 2 is 1.64 bits per heavy atom. The summed E-state index contributed by atoms with van der Waals surface area (Å²) in [5, 5.41) is 5.82. The van der Waals surface area contributed by atoms with Crippen LogP contribution in [-0.4, -0.2) is 73.0 Å². The van der Waals surface area contributed by atoms with Gasteiger partial charge in [-0.05, 0) is 42.4 Å². The minimum atomic E-state index is -0.0375. The number of nitrogens with one attached hydrogen (secondary N) is 1. The second kappa shape index (κ2) is 13.1. The van der Waals surface area contributed by atoms with Gasteiger partial charge in [-0.2, -0.15) is 0 Å². The van der Waals surface area contributed by atoms with Crippen LogP contribution in [0.15, 0.2) is 61.4 Å². The lowest BCUT2D eigenvalue weighted by Crippen LogP contribution is -2.43. The number of nitrogens with zero attached hydrogens (tertiary/aromatic N) is 4. The second-order valence-electron chi connectivity index (χ2n) is 10.3. The highest BCUT2D eigenvalue weighted by Crippen LogP contribution is 2.45. The zero-order chi connectivity index (χ0) is 29.8. The number of carbonyl (C=O) groups excluding carboxylic acids is 1. The molecule has 1 aliphatic heterocycles. The third kappa shape index (κ3) is 6.52. The number of allylic oxidation sites excluding steroid dienone is 1. The van der Waals surface area contributed by atoms with E-state index >= 15 is 0 Å². The van der Waals surface area contributed by atoms with Crippen molar-refractivity contribution in [3.05, 3.63) is 82.6 Å². The predicted octanol–water partition coefficient (Wildman–Crippen LogP) is 6.41. The van der Waals surface area contributed by atoms with Gasteiger partial charge in [-0.15, -0.1) is 0 Å². The van der Waals surface area contributed by atoms with Gasteiger partial charge in [0.05, 0.1) is 30.0 Å². The van der Waals surface area contributed by atoms with Gasteiger partial charge in [-0.3, -0.25) is 14.7 Å². The van der Waals surface area contributed by atoms with E-state index in [4.69, 9.17) is 32.7 Å². The zero-order valence-corrected chi connectivity index (χ0v) is 25.4. The van der Waals surface area contributed by atoms with Crippen LogP contribution in [0.5, 0.6) is 11.5 Å². The molecule has 3 heterocycles. The Balaban J connectivity index is 1.42. The van der Waals surface area contributed by atoms with E-state index in [0.717, 1.165) is 54.7 Å². The highest BCUT2D eigenvalue weighted by Gasteiger charge is 2.20. The number of rotatable bonds is 10. The van der Waals surface area contributed by atoms with Crippen LogP contribution in [0.1, 0.15) is 11.1 Å². The maximum atomic E-state index is 12.4. The third-order valence-electron chi connectivity index (χ3n) is 7.46. The average molecular weight is 607 g/mol. The third-order valence-corrected chi connectivity index (χ3v) is 8.21. The van der Waals surface area contributed by atoms with Crippen LogP contribution in [0, 0.1) is 0 Å². The van der Waals surface area contributed by atoms with Crippen molar-refractivity contribution in [1.29, 1.82) is 0 Å². The summed E-state index contributed by atoms with van der Waals surface area (Å²) in [4.78, 5) is 26.4. The van der Waals surface area contributed by atoms with Crippen molar-refractivity contribution in [2.45, 2.75) is 13.0 Å². The number of ketones is 1. The first-order valence-corrected chi connectivity index (χ1v) is 14.4. The van der Waals surface area contributed by atoms with E-state index < -0.39 is 0 Å². The maximum Gasteiger partial charge on any atom is 0.159 e. The number of methoxy groups -OCH3 is 2. The molecule has 1 fully saturated rings. The molecule has 0 aliphatic carbocycles. The quantitative estimate of drug-likeness (QED) is 0.208. The number of hydrogen-bond acceptors (Lipinski definition) is 8. The van der Waals surface area contributed by atoms with Crippen LogP contribution in [0.25, 0.3) is 22.0 Å². The molecule has 0 amide bonds. The van der Waals surface area contributed by atoms with Gasteiger partial charge in [0.25, 0.3) is 0 Å². The minimum Gasteiger partial charge on any atom is -0.495 e. The molecule has 8 nitrogen and oxygen atoms in total. The van der Waals surface area contributed by atoms with Crippen molar-refractivity contribution < 1.29 is 14.3 Å². The molecule has 1 N–H and O–H groups in total. The van der Waals surface area contributed by atoms with Crippen molar-refractivity contribution in [1.82, 2.24) is 19.8 Å². The average Bonchev–Trinajstić information content (AvgIpc) is 2.99. The summed E-state index contributed by atoms with van der Waals surface area (Å²) >= 11 is 13.2. The fraction of sp³-hybridized carbons (Fsp3) is 0.281. The first kappa shape index (κ1) is 29.8. The first-order valence-electron chi connectivity index (χ1n) is 13.6. The molecule has 2 aromatic carbocycles. The Morgan fingerprint density at radius 1 is 0.976 bits per heavy atom. The molecule has 4 aromatic rings. The van der Waals surface area contributed by atoms with Crippen molar-refractivity contribution in [2.24, 2.45) is 0 Å². The fourth-order valence-electron chi connectivity index (χ4n) is 5.03. The number of likely N-dealkylation sites (N-methyl/N-ethyl adjacent to an activating group) is 1. The number of hydrogen-bond donors (Lipinski definition) is 1. The van der Waals surface area contributed by atoms with Crippen molar-refractivity contribution >= 4 is 51.3 Å². The summed E-state index contributed by atoms with van der Waals surface area (Å²) in [6, 6.07) is 11.7. The number of ether oxygens (including phenoxy) is 2. The lowest BCUT2D eigenvalue weighted by atomic mass is 10.0. The summed E-state index contributed by atoms with van der Waals surface area (Å²) in [7, 11) is 5.21. The van der Waals surface area contributed by atoms with E-state index in [0.29, 0.717) is 38.6 Å². The number of halogens is 2. The number of aromatic nitrogens is 2. The molecule has 1 saturated heterocycles. The Kier molecular flexibility index (Phi) is 9.28. The smallest absolute Gasteiger partial charge is 0.159 e. The van der Waals surface area contributed by atoms with E-state index in [1.165, 1.54) is 25.9 Å². The van der Waals surface area contributed by atoms with Crippen LogP contribution in [-0.2, 0) is 17.8 Å². The summed E-state index contributed by atoms with van der Waals surface area (Å²) in [6.07, 6.45) is 5.13. The maximum absolute atomic E-state index is 12.4. The van der Waals surface area contributed by atoms with Gasteiger partial charge >= 0.3 is 0 Å². The normalized spacial score (nSPS) is 14.1. The Morgan fingerprint density at radius 3 is 2.31 bits per heavy atom.